The number of aromatic nitrogens is 2. The Bertz CT molecular complexity index is 367. The van der Waals surface area contributed by atoms with Crippen molar-refractivity contribution >= 4 is 17.6 Å². The second-order valence-corrected chi connectivity index (χ2v) is 5.53. The van der Waals surface area contributed by atoms with E-state index in [1.54, 1.807) is 0 Å². The molecular formula is C12H19N3OS. The van der Waals surface area contributed by atoms with Crippen molar-refractivity contribution in [3.8, 4) is 0 Å². The van der Waals surface area contributed by atoms with Gasteiger partial charge in [-0.1, -0.05) is 12.8 Å². The number of thioether (sulfide) groups is 1. The first kappa shape index (κ1) is 12.6. The van der Waals surface area contributed by atoms with Crippen LogP contribution < -0.4 is 5.73 Å². The molecule has 0 unspecified atom stereocenters. The van der Waals surface area contributed by atoms with E-state index in [1.807, 2.05) is 24.8 Å². The van der Waals surface area contributed by atoms with Crippen molar-refractivity contribution in [1.82, 2.24) is 9.97 Å². The summed E-state index contributed by atoms with van der Waals surface area (Å²) in [6.07, 6.45) is 5.25. The highest BCUT2D eigenvalue weighted by molar-refractivity contribution is 7.99. The fourth-order valence-electron chi connectivity index (χ4n) is 1.99. The molecule has 1 aliphatic carbocycles. The second-order valence-electron chi connectivity index (χ2n) is 4.21. The first-order chi connectivity index (χ1) is 8.28. The Hall–Kier alpha value is -0.810. The number of hydrogen-bond donors (Lipinski definition) is 1. The van der Waals surface area contributed by atoms with Crippen LogP contribution in [0.2, 0.25) is 0 Å². The summed E-state index contributed by atoms with van der Waals surface area (Å²) in [4.78, 5) is 8.66. The molecule has 0 bridgehead atoms. The lowest BCUT2D eigenvalue weighted by Crippen LogP contribution is -2.04. The molecule has 1 aliphatic rings. The fraction of sp³-hybridized carbons (Fsp3) is 0.667. The summed E-state index contributed by atoms with van der Waals surface area (Å²) >= 11 is 1.83. The molecule has 1 saturated carbocycles. The van der Waals surface area contributed by atoms with Gasteiger partial charge in [-0.2, -0.15) is 0 Å². The third-order valence-corrected chi connectivity index (χ3v) is 4.05. The Labute approximate surface area is 106 Å². The molecule has 0 radical (unpaired) electrons. The molecule has 0 saturated heterocycles. The van der Waals surface area contributed by atoms with Crippen molar-refractivity contribution in [2.45, 2.75) is 49.5 Å². The largest absolute Gasteiger partial charge is 0.384 e. The van der Waals surface area contributed by atoms with Crippen LogP contribution in [0.15, 0.2) is 11.1 Å². The molecule has 0 amide bonds. The van der Waals surface area contributed by atoms with Gasteiger partial charge >= 0.3 is 0 Å². The predicted molar refractivity (Wildman–Crippen MR) is 69.9 cm³/mol. The molecule has 17 heavy (non-hydrogen) atoms. The number of nitrogens with two attached hydrogens (primary N) is 1. The SMILES string of the molecule is CCOCc1nc(N)cc(SC2CCCC2)n1. The standard InChI is InChI=1S/C12H19N3OS/c1-2-16-8-11-14-10(13)7-12(15-11)17-9-5-3-4-6-9/h7,9H,2-6,8H2,1H3,(H2,13,14,15). The molecule has 0 aromatic carbocycles. The second kappa shape index (κ2) is 6.21. The van der Waals surface area contributed by atoms with Gasteiger partial charge in [-0.15, -0.1) is 11.8 Å². The number of rotatable bonds is 5. The van der Waals surface area contributed by atoms with E-state index in [0.717, 1.165) is 5.03 Å². The van der Waals surface area contributed by atoms with Gasteiger partial charge in [-0.3, -0.25) is 0 Å². The van der Waals surface area contributed by atoms with Gasteiger partial charge in [0, 0.05) is 17.9 Å². The van der Waals surface area contributed by atoms with Gasteiger partial charge in [0.1, 0.15) is 17.5 Å². The molecule has 4 nitrogen and oxygen atoms in total. The summed E-state index contributed by atoms with van der Waals surface area (Å²) in [6, 6.07) is 1.86. The van der Waals surface area contributed by atoms with E-state index in [-0.39, 0.29) is 0 Å². The third kappa shape index (κ3) is 3.85. The molecule has 5 heteroatoms. The topological polar surface area (TPSA) is 61.0 Å². The minimum Gasteiger partial charge on any atom is -0.384 e. The molecule has 0 spiro atoms. The van der Waals surface area contributed by atoms with Crippen LogP contribution in [0.5, 0.6) is 0 Å². The summed E-state index contributed by atoms with van der Waals surface area (Å²) in [7, 11) is 0. The molecule has 0 atom stereocenters. The summed E-state index contributed by atoms with van der Waals surface area (Å²) in [5.74, 6) is 1.22. The van der Waals surface area contributed by atoms with Crippen LogP contribution in [0, 0.1) is 0 Å². The number of ether oxygens (including phenoxy) is 1. The molecule has 1 heterocycles. The zero-order chi connectivity index (χ0) is 12.1. The predicted octanol–water partition coefficient (Wildman–Crippen LogP) is 2.63. The van der Waals surface area contributed by atoms with Gasteiger partial charge in [-0.25, -0.2) is 9.97 Å². The first-order valence-corrected chi connectivity index (χ1v) is 7.03. The molecule has 1 aromatic rings. The minimum absolute atomic E-state index is 0.444. The molecule has 1 fully saturated rings. The van der Waals surface area contributed by atoms with Crippen LogP contribution in [0.1, 0.15) is 38.4 Å². The Morgan fingerprint density at radius 1 is 1.41 bits per heavy atom. The van der Waals surface area contributed by atoms with Gasteiger partial charge in [0.15, 0.2) is 5.82 Å². The van der Waals surface area contributed by atoms with E-state index in [4.69, 9.17) is 10.5 Å². The van der Waals surface area contributed by atoms with Crippen molar-refractivity contribution in [1.29, 1.82) is 0 Å². The Morgan fingerprint density at radius 3 is 2.88 bits per heavy atom. The zero-order valence-electron chi connectivity index (χ0n) is 10.2. The Kier molecular flexibility index (Phi) is 4.62. The van der Waals surface area contributed by atoms with Crippen molar-refractivity contribution in [3.63, 3.8) is 0 Å². The summed E-state index contributed by atoms with van der Waals surface area (Å²) in [5, 5.41) is 1.68. The monoisotopic (exact) mass is 253 g/mol. The molecule has 2 rings (SSSR count). The van der Waals surface area contributed by atoms with Crippen molar-refractivity contribution in [2.75, 3.05) is 12.3 Å². The average Bonchev–Trinajstić information content (AvgIpc) is 2.78. The highest BCUT2D eigenvalue weighted by atomic mass is 32.2. The van der Waals surface area contributed by atoms with E-state index in [2.05, 4.69) is 9.97 Å². The fourth-order valence-corrected chi connectivity index (χ4v) is 3.24. The average molecular weight is 253 g/mol. The summed E-state index contributed by atoms with van der Waals surface area (Å²) in [5.41, 5.74) is 5.79. The lowest BCUT2D eigenvalue weighted by atomic mass is 10.4. The van der Waals surface area contributed by atoms with Crippen LogP contribution >= 0.6 is 11.8 Å². The minimum atomic E-state index is 0.444. The van der Waals surface area contributed by atoms with E-state index < -0.39 is 0 Å². The number of hydrogen-bond acceptors (Lipinski definition) is 5. The summed E-state index contributed by atoms with van der Waals surface area (Å²) in [6.45, 7) is 3.07. The Balaban J connectivity index is 2.02. The van der Waals surface area contributed by atoms with E-state index >= 15 is 0 Å². The van der Waals surface area contributed by atoms with Crippen molar-refractivity contribution < 1.29 is 4.74 Å². The quantitative estimate of drug-likeness (QED) is 0.817. The normalized spacial score (nSPS) is 16.5. The van der Waals surface area contributed by atoms with Gasteiger partial charge in [0.25, 0.3) is 0 Å². The van der Waals surface area contributed by atoms with Gasteiger partial charge in [0.2, 0.25) is 0 Å². The van der Waals surface area contributed by atoms with E-state index in [0.29, 0.717) is 30.1 Å². The zero-order valence-corrected chi connectivity index (χ0v) is 11.0. The van der Waals surface area contributed by atoms with Gasteiger partial charge in [-0.05, 0) is 19.8 Å². The van der Waals surface area contributed by atoms with Gasteiger partial charge < -0.3 is 10.5 Å². The lowest BCUT2D eigenvalue weighted by Gasteiger charge is -2.09. The molecule has 1 aromatic heterocycles. The highest BCUT2D eigenvalue weighted by Crippen LogP contribution is 2.34. The van der Waals surface area contributed by atoms with Crippen molar-refractivity contribution in [3.05, 3.63) is 11.9 Å². The highest BCUT2D eigenvalue weighted by Gasteiger charge is 2.17. The summed E-state index contributed by atoms with van der Waals surface area (Å²) < 4.78 is 5.31. The van der Waals surface area contributed by atoms with Crippen LogP contribution in [0.4, 0.5) is 5.82 Å². The maximum atomic E-state index is 5.79. The maximum absolute atomic E-state index is 5.79. The van der Waals surface area contributed by atoms with Crippen LogP contribution in [0.3, 0.4) is 0 Å². The number of nitrogen functional groups attached to an aromatic ring is 1. The Morgan fingerprint density at radius 2 is 2.18 bits per heavy atom. The lowest BCUT2D eigenvalue weighted by molar-refractivity contribution is 0.128. The number of anilines is 1. The van der Waals surface area contributed by atoms with Crippen LogP contribution in [-0.2, 0) is 11.3 Å². The van der Waals surface area contributed by atoms with Gasteiger partial charge in [0.05, 0.1) is 0 Å². The molecule has 94 valence electrons. The molecular weight excluding hydrogens is 234 g/mol. The van der Waals surface area contributed by atoms with Crippen LogP contribution in [-0.4, -0.2) is 21.8 Å². The van der Waals surface area contributed by atoms with E-state index in [1.165, 1.54) is 25.7 Å². The third-order valence-electron chi connectivity index (χ3n) is 2.79. The maximum Gasteiger partial charge on any atom is 0.157 e. The molecule has 2 N–H and O–H groups in total. The molecule has 0 aliphatic heterocycles. The van der Waals surface area contributed by atoms with E-state index in [9.17, 15) is 0 Å². The van der Waals surface area contributed by atoms with Crippen LogP contribution in [0.25, 0.3) is 0 Å². The van der Waals surface area contributed by atoms with Crippen molar-refractivity contribution in [2.24, 2.45) is 0 Å². The first-order valence-electron chi connectivity index (χ1n) is 6.15. The number of nitrogens with zero attached hydrogens (tertiary/aromatic N) is 2. The smallest absolute Gasteiger partial charge is 0.157 e.